The van der Waals surface area contributed by atoms with Crippen molar-refractivity contribution in [1.82, 2.24) is 15.6 Å². The average molecular weight is 352 g/mol. The van der Waals surface area contributed by atoms with Crippen LogP contribution in [0.4, 0.5) is 10.6 Å². The van der Waals surface area contributed by atoms with Gasteiger partial charge in [-0.05, 0) is 42.5 Å². The van der Waals surface area contributed by atoms with Gasteiger partial charge in [0.15, 0.2) is 0 Å². The lowest BCUT2D eigenvalue weighted by Gasteiger charge is -2.19. The fraction of sp³-hybridized carbons (Fsp3) is 0.429. The molecule has 1 saturated heterocycles. The predicted molar refractivity (Wildman–Crippen MR) is 105 cm³/mol. The quantitative estimate of drug-likeness (QED) is 0.791. The fourth-order valence-electron chi connectivity index (χ4n) is 3.38. The highest BCUT2D eigenvalue weighted by molar-refractivity contribution is 5.74. The number of nitrogens with one attached hydrogen (secondary N) is 2. The summed E-state index contributed by atoms with van der Waals surface area (Å²) in [5.74, 6) is 1.01. The predicted octanol–water partition coefficient (Wildman–Crippen LogP) is 4.02. The molecule has 3 rings (SSSR count). The van der Waals surface area contributed by atoms with Crippen molar-refractivity contribution in [2.75, 3.05) is 18.0 Å². The Hall–Kier alpha value is -2.56. The number of aromatic nitrogens is 1. The Kier molecular flexibility index (Phi) is 6.47. The molecule has 0 spiro atoms. The van der Waals surface area contributed by atoms with Crippen LogP contribution in [0.2, 0.25) is 0 Å². The molecule has 26 heavy (non-hydrogen) atoms. The first kappa shape index (κ1) is 18.2. The highest BCUT2D eigenvalue weighted by Gasteiger charge is 2.15. The molecule has 1 fully saturated rings. The van der Waals surface area contributed by atoms with Crippen molar-refractivity contribution in [3.05, 3.63) is 59.8 Å². The van der Waals surface area contributed by atoms with Crippen LogP contribution in [0, 0.1) is 0 Å². The molecular formula is C21H28N4O. The zero-order chi connectivity index (χ0) is 18.2. The minimum Gasteiger partial charge on any atom is -0.357 e. The maximum Gasteiger partial charge on any atom is 0.315 e. The Morgan fingerprint density at radius 3 is 2.69 bits per heavy atom. The van der Waals surface area contributed by atoms with E-state index in [2.05, 4.69) is 45.6 Å². The van der Waals surface area contributed by atoms with Crippen LogP contribution in [0.3, 0.4) is 0 Å². The number of urea groups is 1. The SMILES string of the molecule is CCC[C@H](NC(=O)NCc1ccnc(N2CCCC2)c1)c1ccccc1. The van der Waals surface area contributed by atoms with E-state index in [1.54, 1.807) is 0 Å². The Balaban J connectivity index is 1.55. The first-order valence-corrected chi connectivity index (χ1v) is 9.55. The van der Waals surface area contributed by atoms with Crippen molar-refractivity contribution in [2.45, 2.75) is 45.2 Å². The highest BCUT2D eigenvalue weighted by atomic mass is 16.2. The molecule has 1 aromatic heterocycles. The number of amides is 2. The van der Waals surface area contributed by atoms with E-state index in [9.17, 15) is 4.79 Å². The Labute approximate surface area is 155 Å². The summed E-state index contributed by atoms with van der Waals surface area (Å²) in [5, 5.41) is 6.08. The summed E-state index contributed by atoms with van der Waals surface area (Å²) in [6.07, 6.45) is 6.22. The summed E-state index contributed by atoms with van der Waals surface area (Å²) in [5.41, 5.74) is 2.22. The van der Waals surface area contributed by atoms with E-state index in [0.29, 0.717) is 6.54 Å². The van der Waals surface area contributed by atoms with Gasteiger partial charge in [-0.15, -0.1) is 0 Å². The summed E-state index contributed by atoms with van der Waals surface area (Å²) in [4.78, 5) is 19.1. The van der Waals surface area contributed by atoms with Crippen LogP contribution < -0.4 is 15.5 Å². The van der Waals surface area contributed by atoms with E-state index in [1.165, 1.54) is 12.8 Å². The molecule has 2 N–H and O–H groups in total. The molecule has 5 nitrogen and oxygen atoms in total. The minimum atomic E-state index is -0.133. The minimum absolute atomic E-state index is 0.0406. The number of rotatable bonds is 7. The van der Waals surface area contributed by atoms with Gasteiger partial charge in [-0.3, -0.25) is 0 Å². The molecule has 0 radical (unpaired) electrons. The van der Waals surface area contributed by atoms with E-state index in [0.717, 1.165) is 42.9 Å². The van der Waals surface area contributed by atoms with Crippen molar-refractivity contribution >= 4 is 11.8 Å². The van der Waals surface area contributed by atoms with Crippen LogP contribution >= 0.6 is 0 Å². The van der Waals surface area contributed by atoms with Crippen molar-refractivity contribution in [2.24, 2.45) is 0 Å². The van der Waals surface area contributed by atoms with Gasteiger partial charge >= 0.3 is 6.03 Å². The monoisotopic (exact) mass is 352 g/mol. The molecule has 2 amide bonds. The number of carbonyl (C=O) groups excluding carboxylic acids is 1. The number of nitrogens with zero attached hydrogens (tertiary/aromatic N) is 2. The summed E-state index contributed by atoms with van der Waals surface area (Å²) >= 11 is 0. The van der Waals surface area contributed by atoms with Gasteiger partial charge in [0.1, 0.15) is 5.82 Å². The molecule has 1 atom stereocenters. The maximum absolute atomic E-state index is 12.4. The smallest absolute Gasteiger partial charge is 0.315 e. The van der Waals surface area contributed by atoms with Gasteiger partial charge in [0.05, 0.1) is 6.04 Å². The first-order valence-electron chi connectivity index (χ1n) is 9.55. The molecule has 0 saturated carbocycles. The molecule has 0 unspecified atom stereocenters. The van der Waals surface area contributed by atoms with Gasteiger partial charge in [-0.1, -0.05) is 43.7 Å². The van der Waals surface area contributed by atoms with Crippen molar-refractivity contribution < 1.29 is 4.79 Å². The average Bonchev–Trinajstić information content (AvgIpc) is 3.22. The summed E-state index contributed by atoms with van der Waals surface area (Å²) in [6, 6.07) is 14.1. The normalized spacial score (nSPS) is 14.9. The molecule has 1 aliphatic heterocycles. The van der Waals surface area contributed by atoms with Crippen LogP contribution in [0.25, 0.3) is 0 Å². The number of anilines is 1. The highest BCUT2D eigenvalue weighted by Crippen LogP contribution is 2.19. The lowest BCUT2D eigenvalue weighted by molar-refractivity contribution is 0.236. The van der Waals surface area contributed by atoms with Gasteiger partial charge in [-0.2, -0.15) is 0 Å². The van der Waals surface area contributed by atoms with E-state index in [4.69, 9.17) is 0 Å². The molecule has 5 heteroatoms. The number of pyridine rings is 1. The third-order valence-corrected chi connectivity index (χ3v) is 4.78. The standard InChI is InChI=1S/C21H28N4O/c1-2-8-19(18-9-4-3-5-10-18)24-21(26)23-16-17-11-12-22-20(15-17)25-13-6-7-14-25/h3-5,9-12,15,19H,2,6-8,13-14,16H2,1H3,(H2,23,24,26)/t19-/m0/s1. The van der Waals surface area contributed by atoms with Crippen LogP contribution in [0.15, 0.2) is 48.7 Å². The molecule has 2 heterocycles. The second-order valence-corrected chi connectivity index (χ2v) is 6.80. The van der Waals surface area contributed by atoms with Crippen molar-refractivity contribution in [3.8, 4) is 0 Å². The van der Waals surface area contributed by atoms with Gasteiger partial charge < -0.3 is 15.5 Å². The van der Waals surface area contributed by atoms with Crippen LogP contribution in [0.1, 0.15) is 49.8 Å². The fourth-order valence-corrected chi connectivity index (χ4v) is 3.38. The van der Waals surface area contributed by atoms with Crippen molar-refractivity contribution in [1.29, 1.82) is 0 Å². The summed E-state index contributed by atoms with van der Waals surface area (Å²) < 4.78 is 0. The second kappa shape index (κ2) is 9.22. The first-order chi connectivity index (χ1) is 12.8. The Bertz CT molecular complexity index is 698. The molecule has 2 aromatic rings. The molecular weight excluding hydrogens is 324 g/mol. The third-order valence-electron chi connectivity index (χ3n) is 4.78. The second-order valence-electron chi connectivity index (χ2n) is 6.80. The Morgan fingerprint density at radius 1 is 1.19 bits per heavy atom. The van der Waals surface area contributed by atoms with Gasteiger partial charge in [0.25, 0.3) is 0 Å². The third kappa shape index (κ3) is 4.97. The summed E-state index contributed by atoms with van der Waals surface area (Å²) in [6.45, 7) is 4.77. The topological polar surface area (TPSA) is 57.3 Å². The lowest BCUT2D eigenvalue weighted by atomic mass is 10.0. The van der Waals surface area contributed by atoms with E-state index >= 15 is 0 Å². The van der Waals surface area contributed by atoms with Crippen LogP contribution in [0.5, 0.6) is 0 Å². The van der Waals surface area contributed by atoms with Gasteiger partial charge in [0.2, 0.25) is 0 Å². The maximum atomic E-state index is 12.4. The molecule has 0 aliphatic carbocycles. The van der Waals surface area contributed by atoms with Gasteiger partial charge in [0, 0.05) is 25.8 Å². The van der Waals surface area contributed by atoms with Crippen LogP contribution in [-0.4, -0.2) is 24.1 Å². The van der Waals surface area contributed by atoms with Gasteiger partial charge in [-0.25, -0.2) is 9.78 Å². The Morgan fingerprint density at radius 2 is 1.96 bits per heavy atom. The molecule has 1 aromatic carbocycles. The number of hydrogen-bond donors (Lipinski definition) is 2. The lowest BCUT2D eigenvalue weighted by Crippen LogP contribution is -2.37. The molecule has 0 bridgehead atoms. The number of hydrogen-bond acceptors (Lipinski definition) is 3. The van der Waals surface area contributed by atoms with E-state index in [-0.39, 0.29) is 12.1 Å². The largest absolute Gasteiger partial charge is 0.357 e. The van der Waals surface area contributed by atoms with E-state index < -0.39 is 0 Å². The zero-order valence-electron chi connectivity index (χ0n) is 15.4. The number of carbonyl (C=O) groups is 1. The van der Waals surface area contributed by atoms with Crippen LogP contribution in [-0.2, 0) is 6.54 Å². The summed E-state index contributed by atoms with van der Waals surface area (Å²) in [7, 11) is 0. The zero-order valence-corrected chi connectivity index (χ0v) is 15.4. The molecule has 1 aliphatic rings. The van der Waals surface area contributed by atoms with Crippen molar-refractivity contribution in [3.63, 3.8) is 0 Å². The molecule has 138 valence electrons. The van der Waals surface area contributed by atoms with E-state index in [1.807, 2.05) is 30.5 Å². The number of benzene rings is 1.